The molecule has 1 aliphatic rings. The van der Waals surface area contributed by atoms with Crippen LogP contribution in [0.5, 0.6) is 5.75 Å². The van der Waals surface area contributed by atoms with E-state index in [1.807, 2.05) is 6.92 Å². The fourth-order valence-corrected chi connectivity index (χ4v) is 3.24. The lowest BCUT2D eigenvalue weighted by Gasteiger charge is -2.34. The van der Waals surface area contributed by atoms with E-state index >= 15 is 0 Å². The zero-order chi connectivity index (χ0) is 20.1. The predicted molar refractivity (Wildman–Crippen MR) is 100 cm³/mol. The molecule has 2 unspecified atom stereocenters. The summed E-state index contributed by atoms with van der Waals surface area (Å²) >= 11 is 0. The number of likely N-dealkylation sites (tertiary alicyclic amines) is 1. The maximum absolute atomic E-state index is 12.4. The Kier molecular flexibility index (Phi) is 5.98. The molecule has 1 aromatic heterocycles. The van der Waals surface area contributed by atoms with Gasteiger partial charge in [0.15, 0.2) is 12.4 Å². The second-order valence-corrected chi connectivity index (χ2v) is 6.80. The number of ether oxygens (including phenoxy) is 1. The van der Waals surface area contributed by atoms with E-state index in [9.17, 15) is 19.5 Å². The topological polar surface area (TPSA) is 109 Å². The third-order valence-corrected chi connectivity index (χ3v) is 4.77. The van der Waals surface area contributed by atoms with Crippen molar-refractivity contribution in [3.05, 3.63) is 48.4 Å². The molecule has 8 nitrogen and oxygen atoms in total. The normalized spacial score (nSPS) is 19.1. The van der Waals surface area contributed by atoms with Crippen LogP contribution >= 0.6 is 0 Å². The Morgan fingerprint density at radius 1 is 1.29 bits per heavy atom. The molecular weight excluding hydrogens is 364 g/mol. The molecule has 1 aromatic carbocycles. The molecular formula is C20H22N2O6. The van der Waals surface area contributed by atoms with Gasteiger partial charge in [0, 0.05) is 24.8 Å². The van der Waals surface area contributed by atoms with Crippen molar-refractivity contribution < 1.29 is 28.6 Å². The maximum Gasteiger partial charge on any atom is 0.306 e. The minimum Gasteiger partial charge on any atom is -0.484 e. The van der Waals surface area contributed by atoms with Crippen LogP contribution in [0.2, 0.25) is 0 Å². The number of furan rings is 1. The van der Waals surface area contributed by atoms with Crippen LogP contribution < -0.4 is 10.1 Å². The summed E-state index contributed by atoms with van der Waals surface area (Å²) in [5.74, 6) is -1.27. The highest BCUT2D eigenvalue weighted by molar-refractivity contribution is 6.02. The number of amides is 2. The highest BCUT2D eigenvalue weighted by atomic mass is 16.5. The predicted octanol–water partition coefficient (Wildman–Crippen LogP) is 2.48. The Morgan fingerprint density at radius 3 is 2.79 bits per heavy atom. The van der Waals surface area contributed by atoms with Gasteiger partial charge in [-0.1, -0.05) is 13.0 Å². The molecule has 1 saturated heterocycles. The van der Waals surface area contributed by atoms with Gasteiger partial charge < -0.3 is 24.5 Å². The Hall–Kier alpha value is -3.29. The monoisotopic (exact) mass is 386 g/mol. The molecule has 3 rings (SSSR count). The smallest absolute Gasteiger partial charge is 0.306 e. The van der Waals surface area contributed by atoms with Crippen LogP contribution in [0.1, 0.15) is 23.9 Å². The van der Waals surface area contributed by atoms with Crippen LogP contribution in [0.25, 0.3) is 0 Å². The Morgan fingerprint density at radius 2 is 2.11 bits per heavy atom. The standard InChI is InChI=1S/C20H22N2O6/c1-13-11-22(8-7-16(13)20(25)26)18(23)12-28-15-5-2-4-14(10-15)21-19(24)17-6-3-9-27-17/h2-6,9-10,13,16H,7-8,11-12H2,1H3,(H,21,24)(H,25,26). The number of nitrogens with one attached hydrogen (secondary N) is 1. The first kappa shape index (κ1) is 19.5. The van der Waals surface area contributed by atoms with Gasteiger partial charge in [-0.05, 0) is 36.6 Å². The fourth-order valence-electron chi connectivity index (χ4n) is 3.24. The van der Waals surface area contributed by atoms with E-state index in [0.29, 0.717) is 30.9 Å². The van der Waals surface area contributed by atoms with Crippen molar-refractivity contribution in [3.63, 3.8) is 0 Å². The van der Waals surface area contributed by atoms with E-state index in [4.69, 9.17) is 9.15 Å². The molecule has 0 aliphatic carbocycles. The van der Waals surface area contributed by atoms with Gasteiger partial charge in [0.25, 0.3) is 11.8 Å². The number of carbonyl (C=O) groups is 3. The summed E-state index contributed by atoms with van der Waals surface area (Å²) in [4.78, 5) is 37.2. The van der Waals surface area contributed by atoms with Crippen LogP contribution in [0.4, 0.5) is 5.69 Å². The van der Waals surface area contributed by atoms with E-state index in [0.717, 1.165) is 0 Å². The summed E-state index contributed by atoms with van der Waals surface area (Å²) in [6.07, 6.45) is 1.86. The van der Waals surface area contributed by atoms with E-state index < -0.39 is 11.9 Å². The van der Waals surface area contributed by atoms with Crippen LogP contribution in [0.15, 0.2) is 47.1 Å². The minimum atomic E-state index is -0.816. The Balaban J connectivity index is 1.53. The quantitative estimate of drug-likeness (QED) is 0.789. The van der Waals surface area contributed by atoms with Crippen LogP contribution in [-0.2, 0) is 9.59 Å². The molecule has 0 spiro atoms. The van der Waals surface area contributed by atoms with Gasteiger partial charge in [0.1, 0.15) is 5.75 Å². The van der Waals surface area contributed by atoms with Crippen molar-refractivity contribution in [2.75, 3.05) is 25.0 Å². The van der Waals surface area contributed by atoms with Crippen molar-refractivity contribution in [1.29, 1.82) is 0 Å². The molecule has 2 atom stereocenters. The average Bonchev–Trinajstić information content (AvgIpc) is 3.21. The number of piperidine rings is 1. The molecule has 28 heavy (non-hydrogen) atoms. The number of carboxylic acid groups (broad SMARTS) is 1. The summed E-state index contributed by atoms with van der Waals surface area (Å²) in [6, 6.07) is 9.90. The SMILES string of the molecule is CC1CN(C(=O)COc2cccc(NC(=O)c3ccco3)c2)CCC1C(=O)O. The van der Waals surface area contributed by atoms with Gasteiger partial charge in [0.05, 0.1) is 12.2 Å². The number of rotatable bonds is 6. The fraction of sp³-hybridized carbons (Fsp3) is 0.350. The highest BCUT2D eigenvalue weighted by Gasteiger charge is 2.33. The maximum atomic E-state index is 12.4. The zero-order valence-electron chi connectivity index (χ0n) is 15.5. The molecule has 0 bridgehead atoms. The largest absolute Gasteiger partial charge is 0.484 e. The van der Waals surface area contributed by atoms with E-state index in [1.165, 1.54) is 6.26 Å². The molecule has 0 radical (unpaired) electrons. The van der Waals surface area contributed by atoms with Gasteiger partial charge in [-0.15, -0.1) is 0 Å². The molecule has 8 heteroatoms. The molecule has 148 valence electrons. The minimum absolute atomic E-state index is 0.102. The van der Waals surface area contributed by atoms with Crippen molar-refractivity contribution in [3.8, 4) is 5.75 Å². The summed E-state index contributed by atoms with van der Waals surface area (Å²) in [5, 5.41) is 11.9. The Bertz CT molecular complexity index is 848. The third-order valence-electron chi connectivity index (χ3n) is 4.77. The van der Waals surface area contributed by atoms with Gasteiger partial charge in [-0.3, -0.25) is 14.4 Å². The molecule has 2 N–H and O–H groups in total. The van der Waals surface area contributed by atoms with E-state index in [1.54, 1.807) is 41.3 Å². The zero-order valence-corrected chi connectivity index (χ0v) is 15.5. The van der Waals surface area contributed by atoms with Crippen molar-refractivity contribution in [2.24, 2.45) is 11.8 Å². The molecule has 2 amide bonds. The number of carboxylic acids is 1. The number of hydrogen-bond acceptors (Lipinski definition) is 5. The molecule has 1 aliphatic heterocycles. The molecule has 1 fully saturated rings. The first-order valence-electron chi connectivity index (χ1n) is 9.02. The lowest BCUT2D eigenvalue weighted by atomic mass is 9.87. The number of nitrogens with zero attached hydrogens (tertiary/aromatic N) is 1. The highest BCUT2D eigenvalue weighted by Crippen LogP contribution is 2.24. The van der Waals surface area contributed by atoms with Gasteiger partial charge in [-0.25, -0.2) is 0 Å². The molecule has 2 aromatic rings. The number of carbonyl (C=O) groups excluding carboxylic acids is 2. The summed E-state index contributed by atoms with van der Waals surface area (Å²) < 4.78 is 10.6. The third kappa shape index (κ3) is 4.70. The summed E-state index contributed by atoms with van der Waals surface area (Å²) in [7, 11) is 0. The van der Waals surface area contributed by atoms with E-state index in [2.05, 4.69) is 5.32 Å². The molecule has 2 heterocycles. The van der Waals surface area contributed by atoms with Crippen molar-refractivity contribution in [1.82, 2.24) is 4.90 Å². The molecule has 0 saturated carbocycles. The van der Waals surface area contributed by atoms with E-state index in [-0.39, 0.29) is 30.1 Å². The van der Waals surface area contributed by atoms with Crippen molar-refractivity contribution >= 4 is 23.5 Å². The second kappa shape index (κ2) is 8.60. The number of anilines is 1. The summed E-state index contributed by atoms with van der Waals surface area (Å²) in [6.45, 7) is 2.49. The Labute approximate surface area is 162 Å². The van der Waals surface area contributed by atoms with Crippen molar-refractivity contribution in [2.45, 2.75) is 13.3 Å². The van der Waals surface area contributed by atoms with Gasteiger partial charge in [-0.2, -0.15) is 0 Å². The van der Waals surface area contributed by atoms with Gasteiger partial charge in [0.2, 0.25) is 0 Å². The number of aliphatic carboxylic acids is 1. The first-order valence-corrected chi connectivity index (χ1v) is 9.02. The van der Waals surface area contributed by atoms with Crippen LogP contribution in [-0.4, -0.2) is 47.5 Å². The number of hydrogen-bond donors (Lipinski definition) is 2. The number of benzene rings is 1. The lowest BCUT2D eigenvalue weighted by Crippen LogP contribution is -2.46. The lowest BCUT2D eigenvalue weighted by molar-refractivity contribution is -0.148. The first-order chi connectivity index (χ1) is 13.4. The average molecular weight is 386 g/mol. The van der Waals surface area contributed by atoms with Gasteiger partial charge >= 0.3 is 5.97 Å². The summed E-state index contributed by atoms with van der Waals surface area (Å²) in [5.41, 5.74) is 0.516. The van der Waals surface area contributed by atoms with Crippen LogP contribution in [0, 0.1) is 11.8 Å². The second-order valence-electron chi connectivity index (χ2n) is 6.80. The van der Waals surface area contributed by atoms with Crippen LogP contribution in [0.3, 0.4) is 0 Å².